The minimum absolute atomic E-state index is 0.0280. The minimum atomic E-state index is -0.237. The van der Waals surface area contributed by atoms with Crippen LogP contribution in [0.25, 0.3) is 11.1 Å². The van der Waals surface area contributed by atoms with Gasteiger partial charge in [0, 0.05) is 11.6 Å². The molecular weight excluding hydrogens is 320 g/mol. The first-order valence-electron chi connectivity index (χ1n) is 8.30. The molecule has 0 aliphatic heterocycles. The summed E-state index contributed by atoms with van der Waals surface area (Å²) >= 11 is 0. The monoisotopic (exact) mass is 347 g/mol. The Bertz CT molecular complexity index is 714. The average Bonchev–Trinajstić information content (AvgIpc) is 2.52. The first kappa shape index (κ1) is 20.8. The van der Waals surface area contributed by atoms with Crippen molar-refractivity contribution in [1.82, 2.24) is 5.32 Å². The van der Waals surface area contributed by atoms with E-state index in [-0.39, 0.29) is 17.7 Å². The van der Waals surface area contributed by atoms with Crippen molar-refractivity contribution in [2.75, 3.05) is 7.05 Å². The van der Waals surface area contributed by atoms with E-state index in [0.29, 0.717) is 11.1 Å². The fourth-order valence-corrected chi connectivity index (χ4v) is 3.14. The summed E-state index contributed by atoms with van der Waals surface area (Å²) in [5.74, 6) is -0.401. The van der Waals surface area contributed by atoms with Crippen LogP contribution in [0.1, 0.15) is 41.6 Å². The standard InChI is InChI=1S/C19H23F2N.C2H4O/c1-6-17(22-5)16-10-14(7-13(4)19(16)21)18-11(2)8-15(20)9-12(18)3;1-2-3/h7-10,17,22H,6H2,1-5H3;2-3H,1H2. The van der Waals surface area contributed by atoms with Gasteiger partial charge < -0.3 is 10.4 Å². The molecule has 2 N–H and O–H groups in total. The molecule has 0 aliphatic rings. The van der Waals surface area contributed by atoms with Gasteiger partial charge in [-0.25, -0.2) is 8.78 Å². The second-order valence-electron chi connectivity index (χ2n) is 6.04. The van der Waals surface area contributed by atoms with Crippen molar-refractivity contribution in [2.24, 2.45) is 0 Å². The highest BCUT2D eigenvalue weighted by atomic mass is 19.1. The molecule has 1 unspecified atom stereocenters. The number of hydrogen-bond donors (Lipinski definition) is 2. The van der Waals surface area contributed by atoms with E-state index < -0.39 is 0 Å². The maximum absolute atomic E-state index is 14.5. The number of halogens is 2. The van der Waals surface area contributed by atoms with Crippen LogP contribution in [0.15, 0.2) is 37.1 Å². The summed E-state index contributed by atoms with van der Waals surface area (Å²) in [5.41, 5.74) is 4.95. The van der Waals surface area contributed by atoms with Crippen molar-refractivity contribution in [1.29, 1.82) is 0 Å². The molecular formula is C21H27F2NO. The third kappa shape index (κ3) is 4.89. The van der Waals surface area contributed by atoms with Crippen LogP contribution in [0.3, 0.4) is 0 Å². The fraction of sp³-hybridized carbons (Fsp3) is 0.333. The average molecular weight is 347 g/mol. The van der Waals surface area contributed by atoms with Crippen molar-refractivity contribution in [3.63, 3.8) is 0 Å². The van der Waals surface area contributed by atoms with E-state index in [2.05, 4.69) is 11.9 Å². The second kappa shape index (κ2) is 9.33. The number of benzene rings is 2. The third-order valence-corrected chi connectivity index (χ3v) is 4.20. The van der Waals surface area contributed by atoms with Crippen molar-refractivity contribution >= 4 is 0 Å². The molecule has 0 saturated heterocycles. The molecule has 0 heterocycles. The molecule has 2 nitrogen and oxygen atoms in total. The molecule has 25 heavy (non-hydrogen) atoms. The van der Waals surface area contributed by atoms with Crippen LogP contribution in [0.4, 0.5) is 8.78 Å². The summed E-state index contributed by atoms with van der Waals surface area (Å²) in [7, 11) is 1.84. The zero-order chi connectivity index (χ0) is 19.1. The van der Waals surface area contributed by atoms with Crippen molar-refractivity contribution < 1.29 is 13.9 Å². The Morgan fingerprint density at radius 1 is 1.08 bits per heavy atom. The van der Waals surface area contributed by atoms with Gasteiger partial charge in [0.25, 0.3) is 0 Å². The normalized spacial score (nSPS) is 11.5. The van der Waals surface area contributed by atoms with Crippen molar-refractivity contribution in [3.8, 4) is 11.1 Å². The minimum Gasteiger partial charge on any atom is -0.516 e. The molecule has 2 aromatic rings. The molecule has 0 aliphatic carbocycles. The Hall–Kier alpha value is -2.20. The maximum Gasteiger partial charge on any atom is 0.130 e. The van der Waals surface area contributed by atoms with E-state index in [4.69, 9.17) is 5.11 Å². The molecule has 4 heteroatoms. The van der Waals surface area contributed by atoms with Gasteiger partial charge in [-0.05, 0) is 86.3 Å². The molecule has 0 amide bonds. The summed E-state index contributed by atoms with van der Waals surface area (Å²) in [6.45, 7) is 10.5. The lowest BCUT2D eigenvalue weighted by Gasteiger charge is -2.19. The van der Waals surface area contributed by atoms with E-state index in [1.165, 1.54) is 12.1 Å². The SMILES string of the molecule is C=CO.CCC(NC)c1cc(-c2c(C)cc(F)cc2C)cc(C)c1F. The van der Waals surface area contributed by atoms with Gasteiger partial charge in [-0.2, -0.15) is 0 Å². The summed E-state index contributed by atoms with van der Waals surface area (Å²) in [5, 5.41) is 10.5. The number of aliphatic hydroxyl groups is 1. The van der Waals surface area contributed by atoms with Gasteiger partial charge in [0.15, 0.2) is 0 Å². The number of aliphatic hydroxyl groups excluding tert-OH is 1. The van der Waals surface area contributed by atoms with E-state index in [9.17, 15) is 8.78 Å². The van der Waals surface area contributed by atoms with E-state index in [0.717, 1.165) is 34.9 Å². The lowest BCUT2D eigenvalue weighted by molar-refractivity contribution is 0.476. The predicted octanol–water partition coefficient (Wildman–Crippen LogP) is 5.92. The van der Waals surface area contributed by atoms with Crippen LogP contribution in [-0.4, -0.2) is 12.2 Å². The molecule has 1 atom stereocenters. The zero-order valence-corrected chi connectivity index (χ0v) is 15.6. The van der Waals surface area contributed by atoms with Crippen LogP contribution in [0, 0.1) is 32.4 Å². The van der Waals surface area contributed by atoms with Gasteiger partial charge in [0.2, 0.25) is 0 Å². The first-order chi connectivity index (χ1) is 11.8. The van der Waals surface area contributed by atoms with E-state index in [1.54, 1.807) is 6.92 Å². The predicted molar refractivity (Wildman–Crippen MR) is 101 cm³/mol. The quantitative estimate of drug-likeness (QED) is 0.673. The summed E-state index contributed by atoms with van der Waals surface area (Å²) in [6.07, 6.45) is 1.55. The van der Waals surface area contributed by atoms with Crippen LogP contribution in [0.5, 0.6) is 0 Å². The number of aryl methyl sites for hydroxylation is 3. The summed E-state index contributed by atoms with van der Waals surface area (Å²) in [4.78, 5) is 0. The fourth-order valence-electron chi connectivity index (χ4n) is 3.14. The Morgan fingerprint density at radius 2 is 1.60 bits per heavy atom. The van der Waals surface area contributed by atoms with Crippen LogP contribution >= 0.6 is 0 Å². The molecule has 0 radical (unpaired) electrons. The molecule has 136 valence electrons. The number of rotatable bonds is 4. The lowest BCUT2D eigenvalue weighted by atomic mass is 9.90. The molecule has 0 fully saturated rings. The Labute approximate surface area is 149 Å². The maximum atomic E-state index is 14.5. The molecule has 0 spiro atoms. The molecule has 2 aromatic carbocycles. The van der Waals surface area contributed by atoms with Crippen molar-refractivity contribution in [2.45, 2.75) is 40.2 Å². The number of nitrogens with one attached hydrogen (secondary N) is 1. The molecule has 2 rings (SSSR count). The topological polar surface area (TPSA) is 32.3 Å². The van der Waals surface area contributed by atoms with E-state index in [1.807, 2.05) is 40.0 Å². The highest BCUT2D eigenvalue weighted by Crippen LogP contribution is 2.33. The molecule has 0 bridgehead atoms. The van der Waals surface area contributed by atoms with Gasteiger partial charge in [-0.15, -0.1) is 0 Å². The van der Waals surface area contributed by atoms with Crippen LogP contribution in [0.2, 0.25) is 0 Å². The first-order valence-corrected chi connectivity index (χ1v) is 8.30. The molecule has 0 saturated carbocycles. The second-order valence-corrected chi connectivity index (χ2v) is 6.04. The smallest absolute Gasteiger partial charge is 0.130 e. The van der Waals surface area contributed by atoms with Crippen molar-refractivity contribution in [3.05, 3.63) is 71.0 Å². The lowest BCUT2D eigenvalue weighted by Crippen LogP contribution is -2.17. The number of hydrogen-bond acceptors (Lipinski definition) is 2. The van der Waals surface area contributed by atoms with E-state index >= 15 is 0 Å². The van der Waals surface area contributed by atoms with Gasteiger partial charge in [0.1, 0.15) is 11.6 Å². The highest BCUT2D eigenvalue weighted by molar-refractivity contribution is 5.72. The van der Waals surface area contributed by atoms with Gasteiger partial charge >= 0.3 is 0 Å². The Balaban J connectivity index is 0.000000970. The Morgan fingerprint density at radius 3 is 2.04 bits per heavy atom. The largest absolute Gasteiger partial charge is 0.516 e. The summed E-state index contributed by atoms with van der Waals surface area (Å²) in [6, 6.07) is 6.75. The highest BCUT2D eigenvalue weighted by Gasteiger charge is 2.17. The van der Waals surface area contributed by atoms with Gasteiger partial charge in [-0.1, -0.05) is 13.5 Å². The molecule has 0 aromatic heterocycles. The van der Waals surface area contributed by atoms with Gasteiger partial charge in [0.05, 0.1) is 6.26 Å². The van der Waals surface area contributed by atoms with Crippen LogP contribution in [-0.2, 0) is 0 Å². The summed E-state index contributed by atoms with van der Waals surface area (Å²) < 4.78 is 28.0. The zero-order valence-electron chi connectivity index (χ0n) is 15.6. The Kier molecular flexibility index (Phi) is 7.78. The van der Waals surface area contributed by atoms with Crippen LogP contribution < -0.4 is 5.32 Å². The van der Waals surface area contributed by atoms with Gasteiger partial charge in [-0.3, -0.25) is 0 Å². The third-order valence-electron chi connectivity index (χ3n) is 4.20.